The lowest BCUT2D eigenvalue weighted by molar-refractivity contribution is 1.15. The number of aliphatic imine (C=N–C) groups is 1. The molecule has 0 aromatic rings. The van der Waals surface area contributed by atoms with Crippen LogP contribution in [-0.4, -0.2) is 23.1 Å². The number of hydrogen-bond acceptors (Lipinski definition) is 1. The number of alkyl halides is 2. The summed E-state index contributed by atoms with van der Waals surface area (Å²) in [6.07, 6.45) is 1.86. The summed E-state index contributed by atoms with van der Waals surface area (Å²) in [5.41, 5.74) is 0. The van der Waals surface area contributed by atoms with Gasteiger partial charge in [0.15, 0.2) is 0 Å². The highest BCUT2D eigenvalue weighted by Crippen LogP contribution is 1.77. The first-order valence-electron chi connectivity index (χ1n) is 2.02. The molecule has 0 radical (unpaired) electrons. The Hall–Kier alpha value is 0.690. The van der Waals surface area contributed by atoms with Gasteiger partial charge in [0.2, 0.25) is 0 Å². The molecular weight excluding hydrogens is 224 g/mol. The van der Waals surface area contributed by atoms with E-state index >= 15 is 0 Å². The first kappa shape index (κ1) is 7.69. The first-order chi connectivity index (χ1) is 3.41. The van der Waals surface area contributed by atoms with E-state index < -0.39 is 0 Å². The minimum absolute atomic E-state index is 0.632. The van der Waals surface area contributed by atoms with Crippen LogP contribution in [0.25, 0.3) is 0 Å². The third-order valence-corrected chi connectivity index (χ3v) is 0.975. The van der Waals surface area contributed by atoms with E-state index in [-0.39, 0.29) is 0 Å². The molecule has 0 bridgehead atoms. The Balaban J connectivity index is 2.78. The van der Waals surface area contributed by atoms with E-state index in [1.54, 1.807) is 0 Å². The second-order valence-electron chi connectivity index (χ2n) is 0.932. The van der Waals surface area contributed by atoms with Crippen molar-refractivity contribution in [3.63, 3.8) is 0 Å². The maximum Gasteiger partial charge on any atom is 0.0521 e. The first-order valence-corrected chi connectivity index (χ1v) is 4.08. The van der Waals surface area contributed by atoms with Crippen LogP contribution < -0.4 is 0 Å². The van der Waals surface area contributed by atoms with Crippen LogP contribution in [0, 0.1) is 0 Å². The van der Waals surface area contributed by atoms with Gasteiger partial charge in [0.05, 0.1) is 6.54 Å². The van der Waals surface area contributed by atoms with Crippen molar-refractivity contribution in [2.24, 2.45) is 4.99 Å². The Morgan fingerprint density at radius 1 is 1.71 bits per heavy atom. The average Bonchev–Trinajstić information content (AvgIpc) is 1.69. The molecule has 0 aromatic carbocycles. The van der Waals surface area contributed by atoms with Gasteiger partial charge in [-0.3, -0.25) is 4.99 Å². The predicted octanol–water partition coefficient (Wildman–Crippen LogP) is 1.73. The zero-order valence-corrected chi connectivity index (χ0v) is 6.82. The van der Waals surface area contributed by atoms with Gasteiger partial charge in [-0.1, -0.05) is 22.6 Å². The van der Waals surface area contributed by atoms with E-state index in [1.807, 2.05) is 6.21 Å². The Morgan fingerprint density at radius 3 is 2.86 bits per heavy atom. The summed E-state index contributed by atoms with van der Waals surface area (Å²) in [5, 5.41) is 0. The maximum atomic E-state index is 5.32. The second-order valence-corrected chi connectivity index (χ2v) is 2.19. The molecule has 0 atom stereocenters. The van der Waals surface area contributed by atoms with Gasteiger partial charge in [-0.05, 0) is 0 Å². The van der Waals surface area contributed by atoms with Crippen LogP contribution in [0.1, 0.15) is 0 Å². The van der Waals surface area contributed by atoms with E-state index in [1.165, 1.54) is 0 Å². The van der Waals surface area contributed by atoms with Crippen molar-refractivity contribution in [3.05, 3.63) is 0 Å². The largest absolute Gasteiger partial charge is 0.295 e. The quantitative estimate of drug-likeness (QED) is 0.398. The summed E-state index contributed by atoms with van der Waals surface area (Å²) in [6.45, 7) is 0.755. The predicted molar refractivity (Wildman–Crippen MR) is 43.0 cm³/mol. The summed E-state index contributed by atoms with van der Waals surface area (Å²) >= 11 is 7.56. The third-order valence-electron chi connectivity index (χ3n) is 0.412. The highest BCUT2D eigenvalue weighted by Gasteiger charge is 1.70. The Bertz CT molecular complexity index is 55.7. The molecule has 42 valence electrons. The van der Waals surface area contributed by atoms with Crippen molar-refractivity contribution in [2.45, 2.75) is 0 Å². The molecule has 0 rings (SSSR count). The van der Waals surface area contributed by atoms with Crippen LogP contribution in [0.3, 0.4) is 0 Å². The Morgan fingerprint density at radius 2 is 2.43 bits per heavy atom. The van der Waals surface area contributed by atoms with Gasteiger partial charge in [-0.2, -0.15) is 0 Å². The topological polar surface area (TPSA) is 12.4 Å². The smallest absolute Gasteiger partial charge is 0.0521 e. The molecule has 7 heavy (non-hydrogen) atoms. The molecule has 0 saturated carbocycles. The van der Waals surface area contributed by atoms with Crippen LogP contribution >= 0.6 is 34.2 Å². The maximum absolute atomic E-state index is 5.32. The van der Waals surface area contributed by atoms with Gasteiger partial charge in [0.25, 0.3) is 0 Å². The highest BCUT2D eigenvalue weighted by atomic mass is 127. The lowest BCUT2D eigenvalue weighted by Crippen LogP contribution is -1.81. The van der Waals surface area contributed by atoms with Gasteiger partial charge in [-0.15, -0.1) is 11.6 Å². The lowest BCUT2D eigenvalue weighted by Gasteiger charge is -1.78. The SMILES string of the molecule is ClCC/N=C\CI. The summed E-state index contributed by atoms with van der Waals surface area (Å²) < 4.78 is 0.981. The van der Waals surface area contributed by atoms with Crippen LogP contribution in [0.5, 0.6) is 0 Å². The second kappa shape index (κ2) is 6.69. The number of hydrogen-bond donors (Lipinski definition) is 0. The van der Waals surface area contributed by atoms with E-state index in [0.29, 0.717) is 5.88 Å². The fourth-order valence-corrected chi connectivity index (χ4v) is 0.565. The molecule has 0 unspecified atom stereocenters. The molecule has 0 spiro atoms. The molecule has 0 fully saturated rings. The van der Waals surface area contributed by atoms with Crippen LogP contribution in [0.15, 0.2) is 4.99 Å². The van der Waals surface area contributed by atoms with Crippen LogP contribution in [0.4, 0.5) is 0 Å². The lowest BCUT2D eigenvalue weighted by atomic mass is 10.7. The minimum atomic E-state index is 0.632. The van der Waals surface area contributed by atoms with Gasteiger partial charge >= 0.3 is 0 Å². The number of nitrogens with zero attached hydrogens (tertiary/aromatic N) is 1. The zero-order valence-electron chi connectivity index (χ0n) is 3.90. The van der Waals surface area contributed by atoms with Gasteiger partial charge in [-0.25, -0.2) is 0 Å². The van der Waals surface area contributed by atoms with Crippen LogP contribution in [-0.2, 0) is 0 Å². The summed E-state index contributed by atoms with van der Waals surface area (Å²) in [5.74, 6) is 0.632. The van der Waals surface area contributed by atoms with Crippen molar-refractivity contribution >= 4 is 40.4 Å². The van der Waals surface area contributed by atoms with Crippen molar-refractivity contribution in [3.8, 4) is 0 Å². The summed E-state index contributed by atoms with van der Waals surface area (Å²) in [6, 6.07) is 0. The third kappa shape index (κ3) is 6.69. The van der Waals surface area contributed by atoms with E-state index in [0.717, 1.165) is 11.0 Å². The molecule has 0 aliphatic rings. The summed E-state index contributed by atoms with van der Waals surface area (Å²) in [4.78, 5) is 3.94. The zero-order chi connectivity index (χ0) is 5.54. The fraction of sp³-hybridized carbons (Fsp3) is 0.750. The van der Waals surface area contributed by atoms with Crippen molar-refractivity contribution in [2.75, 3.05) is 16.9 Å². The number of halogens is 2. The Labute approximate surface area is 62.3 Å². The standard InChI is InChI=1S/C4H7ClIN/c5-1-3-7-4-2-6/h4H,1-3H2/b7-4-. The van der Waals surface area contributed by atoms with Crippen molar-refractivity contribution in [1.29, 1.82) is 0 Å². The van der Waals surface area contributed by atoms with Crippen molar-refractivity contribution < 1.29 is 0 Å². The molecule has 0 aliphatic carbocycles. The van der Waals surface area contributed by atoms with Crippen LogP contribution in [0.2, 0.25) is 0 Å². The fourth-order valence-electron chi connectivity index (χ4n) is 0.189. The van der Waals surface area contributed by atoms with Gasteiger partial charge in [0.1, 0.15) is 0 Å². The molecule has 0 aromatic heterocycles. The average molecular weight is 231 g/mol. The monoisotopic (exact) mass is 231 g/mol. The van der Waals surface area contributed by atoms with Gasteiger partial charge in [0, 0.05) is 16.5 Å². The molecule has 3 heteroatoms. The molecule has 0 amide bonds. The normalized spacial score (nSPS) is 10.6. The molecule has 0 N–H and O–H groups in total. The Kier molecular flexibility index (Phi) is 7.35. The molecule has 0 saturated heterocycles. The number of rotatable bonds is 3. The molecule has 0 heterocycles. The summed E-state index contributed by atoms with van der Waals surface area (Å²) in [7, 11) is 0. The van der Waals surface area contributed by atoms with E-state index in [2.05, 4.69) is 27.6 Å². The van der Waals surface area contributed by atoms with E-state index in [4.69, 9.17) is 11.6 Å². The van der Waals surface area contributed by atoms with E-state index in [9.17, 15) is 0 Å². The molecule has 0 aliphatic heterocycles. The molecule has 1 nitrogen and oxygen atoms in total. The van der Waals surface area contributed by atoms with Crippen molar-refractivity contribution in [1.82, 2.24) is 0 Å². The highest BCUT2D eigenvalue weighted by molar-refractivity contribution is 14.1. The van der Waals surface area contributed by atoms with Gasteiger partial charge < -0.3 is 0 Å². The molecular formula is C4H7ClIN. The minimum Gasteiger partial charge on any atom is -0.295 e.